The molecule has 6 heteroatoms. The van der Waals surface area contributed by atoms with Gasteiger partial charge in [-0.05, 0) is 43.5 Å². The van der Waals surface area contributed by atoms with Gasteiger partial charge in [-0.1, -0.05) is 30.3 Å². The monoisotopic (exact) mass is 373 g/mol. The fourth-order valence-electron chi connectivity index (χ4n) is 3.39. The summed E-state index contributed by atoms with van der Waals surface area (Å²) >= 11 is 0. The first-order valence-corrected chi connectivity index (χ1v) is 9.47. The van der Waals surface area contributed by atoms with E-state index in [9.17, 15) is 4.79 Å². The quantitative estimate of drug-likeness (QED) is 0.761. The van der Waals surface area contributed by atoms with Crippen LogP contribution in [0.4, 0.5) is 5.82 Å². The Kier molecular flexibility index (Phi) is 5.02. The van der Waals surface area contributed by atoms with Gasteiger partial charge >= 0.3 is 0 Å². The zero-order chi connectivity index (χ0) is 19.5. The summed E-state index contributed by atoms with van der Waals surface area (Å²) in [5.74, 6) is 1.31. The van der Waals surface area contributed by atoms with Gasteiger partial charge in [-0.15, -0.1) is 0 Å². The van der Waals surface area contributed by atoms with Crippen LogP contribution < -0.4 is 5.32 Å². The smallest absolute Gasteiger partial charge is 0.242 e. The summed E-state index contributed by atoms with van der Waals surface area (Å²) in [5.41, 5.74) is 5.09. The lowest BCUT2D eigenvalue weighted by Crippen LogP contribution is -2.39. The van der Waals surface area contributed by atoms with Crippen LogP contribution in [0.15, 0.2) is 48.7 Å². The largest absolute Gasteiger partial charge is 0.361 e. The zero-order valence-electron chi connectivity index (χ0n) is 16.1. The van der Waals surface area contributed by atoms with Crippen molar-refractivity contribution in [2.24, 2.45) is 0 Å². The molecule has 0 saturated heterocycles. The van der Waals surface area contributed by atoms with Crippen LogP contribution in [0.25, 0.3) is 11.5 Å². The van der Waals surface area contributed by atoms with E-state index in [1.165, 1.54) is 11.1 Å². The number of benzene rings is 1. The van der Waals surface area contributed by atoms with Gasteiger partial charge in [-0.2, -0.15) is 0 Å². The molecule has 0 unspecified atom stereocenters. The van der Waals surface area contributed by atoms with Gasteiger partial charge in [0.2, 0.25) is 5.91 Å². The van der Waals surface area contributed by atoms with Crippen molar-refractivity contribution in [2.45, 2.75) is 26.8 Å². The Bertz CT molecular complexity index is 1000. The van der Waals surface area contributed by atoms with Crippen LogP contribution in [0, 0.1) is 13.8 Å². The number of nitrogens with zero attached hydrogens (tertiary/aromatic N) is 4. The summed E-state index contributed by atoms with van der Waals surface area (Å²) in [5, 5.41) is 3.21. The van der Waals surface area contributed by atoms with Crippen LogP contribution in [0.3, 0.4) is 0 Å². The number of fused-ring (bicyclic) bond motifs is 1. The summed E-state index contributed by atoms with van der Waals surface area (Å²) < 4.78 is 0. The second kappa shape index (κ2) is 7.76. The summed E-state index contributed by atoms with van der Waals surface area (Å²) in [6.45, 7) is 5.52. The highest BCUT2D eigenvalue weighted by atomic mass is 16.2. The van der Waals surface area contributed by atoms with Crippen LogP contribution in [-0.4, -0.2) is 38.8 Å². The topological polar surface area (TPSA) is 71.0 Å². The standard InChI is InChI=1S/C22H23N5O/c1-15-16(2)25-22(19-9-5-6-11-23-19)26-21(15)24-13-20(28)27-12-10-17-7-3-4-8-18(17)14-27/h3-9,11H,10,12-14H2,1-2H3,(H,24,25,26). The van der Waals surface area contributed by atoms with Gasteiger partial charge in [-0.25, -0.2) is 9.97 Å². The third-order valence-electron chi connectivity index (χ3n) is 5.17. The van der Waals surface area contributed by atoms with E-state index in [1.807, 2.05) is 43.0 Å². The number of rotatable bonds is 4. The van der Waals surface area contributed by atoms with Gasteiger partial charge in [0.1, 0.15) is 11.5 Å². The predicted octanol–water partition coefficient (Wildman–Crippen LogP) is 3.15. The molecule has 3 heterocycles. The second-order valence-electron chi connectivity index (χ2n) is 7.01. The van der Waals surface area contributed by atoms with Crippen molar-refractivity contribution in [2.75, 3.05) is 18.4 Å². The maximum atomic E-state index is 12.7. The molecule has 6 nitrogen and oxygen atoms in total. The number of hydrogen-bond acceptors (Lipinski definition) is 5. The number of amides is 1. The second-order valence-corrected chi connectivity index (χ2v) is 7.01. The zero-order valence-corrected chi connectivity index (χ0v) is 16.1. The van der Waals surface area contributed by atoms with Crippen LogP contribution in [0.5, 0.6) is 0 Å². The van der Waals surface area contributed by atoms with Crippen LogP contribution in [0.2, 0.25) is 0 Å². The Hall–Kier alpha value is -3.28. The molecule has 4 rings (SSSR count). The Morgan fingerprint density at radius 1 is 1.07 bits per heavy atom. The molecule has 1 aromatic carbocycles. The molecule has 0 aliphatic carbocycles. The summed E-state index contributed by atoms with van der Waals surface area (Å²) in [4.78, 5) is 28.1. The van der Waals surface area contributed by atoms with E-state index in [4.69, 9.17) is 0 Å². The minimum Gasteiger partial charge on any atom is -0.361 e. The van der Waals surface area contributed by atoms with Crippen molar-refractivity contribution in [3.8, 4) is 11.5 Å². The number of hydrogen-bond donors (Lipinski definition) is 1. The molecular formula is C22H23N5O. The molecule has 0 bridgehead atoms. The highest BCUT2D eigenvalue weighted by molar-refractivity contribution is 5.81. The van der Waals surface area contributed by atoms with E-state index in [-0.39, 0.29) is 12.5 Å². The van der Waals surface area contributed by atoms with Crippen molar-refractivity contribution in [3.05, 3.63) is 71.0 Å². The Morgan fingerprint density at radius 3 is 2.64 bits per heavy atom. The van der Waals surface area contributed by atoms with Gasteiger partial charge in [0.25, 0.3) is 0 Å². The van der Waals surface area contributed by atoms with Crippen LogP contribution in [0.1, 0.15) is 22.4 Å². The minimum absolute atomic E-state index is 0.0737. The lowest BCUT2D eigenvalue weighted by atomic mass is 10.00. The van der Waals surface area contributed by atoms with E-state index in [2.05, 4.69) is 38.5 Å². The first-order valence-electron chi connectivity index (χ1n) is 9.47. The highest BCUT2D eigenvalue weighted by Gasteiger charge is 2.20. The molecule has 0 radical (unpaired) electrons. The third kappa shape index (κ3) is 3.71. The van der Waals surface area contributed by atoms with Gasteiger partial charge in [0.05, 0.1) is 6.54 Å². The van der Waals surface area contributed by atoms with E-state index < -0.39 is 0 Å². The first-order chi connectivity index (χ1) is 13.6. The molecule has 142 valence electrons. The van der Waals surface area contributed by atoms with Gasteiger partial charge < -0.3 is 10.2 Å². The molecule has 0 fully saturated rings. The molecule has 0 atom stereocenters. The van der Waals surface area contributed by atoms with Crippen molar-refractivity contribution in [1.82, 2.24) is 19.9 Å². The molecule has 1 amide bonds. The SMILES string of the molecule is Cc1nc(-c2ccccn2)nc(NCC(=O)N2CCc3ccccc3C2)c1C. The van der Waals surface area contributed by atoms with E-state index in [1.54, 1.807) is 6.20 Å². The molecule has 1 aliphatic rings. The summed E-state index contributed by atoms with van der Waals surface area (Å²) in [6.07, 6.45) is 2.62. The molecule has 3 aromatic rings. The molecule has 1 aliphatic heterocycles. The fourth-order valence-corrected chi connectivity index (χ4v) is 3.39. The number of nitrogens with one attached hydrogen (secondary N) is 1. The van der Waals surface area contributed by atoms with Crippen LogP contribution in [-0.2, 0) is 17.8 Å². The van der Waals surface area contributed by atoms with Gasteiger partial charge in [0, 0.05) is 30.5 Å². The Morgan fingerprint density at radius 2 is 1.86 bits per heavy atom. The van der Waals surface area contributed by atoms with Gasteiger partial charge in [-0.3, -0.25) is 9.78 Å². The summed E-state index contributed by atoms with van der Waals surface area (Å²) in [6, 6.07) is 14.0. The van der Waals surface area contributed by atoms with Crippen molar-refractivity contribution >= 4 is 11.7 Å². The van der Waals surface area contributed by atoms with E-state index in [0.717, 1.165) is 24.2 Å². The third-order valence-corrected chi connectivity index (χ3v) is 5.17. The molecule has 2 aromatic heterocycles. The normalized spacial score (nSPS) is 13.1. The molecule has 1 N–H and O–H groups in total. The fraction of sp³-hybridized carbons (Fsp3) is 0.273. The number of aryl methyl sites for hydroxylation is 1. The molecular weight excluding hydrogens is 350 g/mol. The van der Waals surface area contributed by atoms with Crippen molar-refractivity contribution < 1.29 is 4.79 Å². The predicted molar refractivity (Wildman–Crippen MR) is 109 cm³/mol. The average Bonchev–Trinajstić information content (AvgIpc) is 2.74. The van der Waals surface area contributed by atoms with E-state index >= 15 is 0 Å². The number of aromatic nitrogens is 3. The lowest BCUT2D eigenvalue weighted by molar-refractivity contribution is -0.130. The number of anilines is 1. The maximum absolute atomic E-state index is 12.7. The van der Waals surface area contributed by atoms with Crippen molar-refractivity contribution in [3.63, 3.8) is 0 Å². The van der Waals surface area contributed by atoms with E-state index in [0.29, 0.717) is 23.9 Å². The summed E-state index contributed by atoms with van der Waals surface area (Å²) in [7, 11) is 0. The average molecular weight is 373 g/mol. The van der Waals surface area contributed by atoms with Gasteiger partial charge in [0.15, 0.2) is 5.82 Å². The maximum Gasteiger partial charge on any atom is 0.242 e. The minimum atomic E-state index is 0.0737. The molecule has 0 saturated carbocycles. The number of carbonyl (C=O) groups is 1. The number of carbonyl (C=O) groups excluding carboxylic acids is 1. The first kappa shape index (κ1) is 18.1. The Balaban J connectivity index is 1.48. The molecule has 0 spiro atoms. The highest BCUT2D eigenvalue weighted by Crippen LogP contribution is 2.21. The lowest BCUT2D eigenvalue weighted by Gasteiger charge is -2.29. The molecule has 28 heavy (non-hydrogen) atoms. The van der Waals surface area contributed by atoms with Crippen LogP contribution >= 0.6 is 0 Å². The van der Waals surface area contributed by atoms with Crippen molar-refractivity contribution in [1.29, 1.82) is 0 Å². The Labute approximate surface area is 164 Å². The number of pyridine rings is 1.